The molecule has 0 atom stereocenters. The van der Waals surface area contributed by atoms with Crippen molar-refractivity contribution in [1.29, 1.82) is 0 Å². The highest BCUT2D eigenvalue weighted by Gasteiger charge is 2.36. The van der Waals surface area contributed by atoms with E-state index in [1.165, 1.54) is 18.2 Å². The number of aliphatic imine (C=N–C) groups is 1. The van der Waals surface area contributed by atoms with Crippen LogP contribution in [0.4, 0.5) is 18.9 Å². The summed E-state index contributed by atoms with van der Waals surface area (Å²) in [6.45, 7) is 0. The Bertz CT molecular complexity index is 515. The molecule has 0 aliphatic rings. The highest BCUT2D eigenvalue weighted by Crippen LogP contribution is 2.31. The van der Waals surface area contributed by atoms with Crippen molar-refractivity contribution in [3.8, 4) is 0 Å². The Labute approximate surface area is 127 Å². The molecule has 0 aromatic heterocycles. The van der Waals surface area contributed by atoms with E-state index >= 15 is 0 Å². The van der Waals surface area contributed by atoms with Crippen molar-refractivity contribution in [3.05, 3.63) is 28.2 Å². The van der Waals surface area contributed by atoms with E-state index in [4.69, 9.17) is 23.2 Å². The smallest absolute Gasteiger partial charge is 0.439 e. The molecule has 0 spiro atoms. The number of methoxy groups -OCH3 is 1. The van der Waals surface area contributed by atoms with Gasteiger partial charge in [-0.1, -0.05) is 35.0 Å². The van der Waals surface area contributed by atoms with Gasteiger partial charge in [-0.25, -0.2) is 4.99 Å². The van der Waals surface area contributed by atoms with Gasteiger partial charge < -0.3 is 4.74 Å². The zero-order valence-corrected chi connectivity index (χ0v) is 12.3. The highest BCUT2D eigenvalue weighted by molar-refractivity contribution is 8.14. The van der Waals surface area contributed by atoms with Gasteiger partial charge >= 0.3 is 12.1 Å². The number of hydrogen-bond acceptors (Lipinski definition) is 4. The van der Waals surface area contributed by atoms with Gasteiger partial charge in [-0.2, -0.15) is 13.2 Å². The molecule has 1 aromatic carbocycles. The van der Waals surface area contributed by atoms with E-state index < -0.39 is 22.9 Å². The Morgan fingerprint density at radius 1 is 1.30 bits per heavy atom. The molecule has 0 fully saturated rings. The Kier molecular flexibility index (Phi) is 6.16. The first-order valence-electron chi connectivity index (χ1n) is 5.04. The fraction of sp³-hybridized carbons (Fsp3) is 0.273. The fourth-order valence-corrected chi connectivity index (χ4v) is 2.31. The van der Waals surface area contributed by atoms with E-state index in [9.17, 15) is 18.0 Å². The summed E-state index contributed by atoms with van der Waals surface area (Å²) in [5, 5.41) is -0.854. The highest BCUT2D eigenvalue weighted by atomic mass is 35.5. The van der Waals surface area contributed by atoms with Gasteiger partial charge in [0.15, 0.2) is 5.04 Å². The van der Waals surface area contributed by atoms with Gasteiger partial charge in [-0.3, -0.25) is 4.79 Å². The number of carbonyl (C=O) groups is 1. The van der Waals surface area contributed by atoms with Gasteiger partial charge in [-0.15, -0.1) is 0 Å². The van der Waals surface area contributed by atoms with Crippen LogP contribution in [0, 0.1) is 0 Å². The maximum Gasteiger partial charge on any atom is 0.439 e. The topological polar surface area (TPSA) is 38.7 Å². The summed E-state index contributed by atoms with van der Waals surface area (Å²) in [6.07, 6.45) is -4.69. The minimum Gasteiger partial charge on any atom is -0.468 e. The van der Waals surface area contributed by atoms with Gasteiger partial charge in [0.2, 0.25) is 0 Å². The second-order valence-electron chi connectivity index (χ2n) is 3.41. The molecular weight excluding hydrogens is 338 g/mol. The van der Waals surface area contributed by atoms with Crippen molar-refractivity contribution in [2.45, 2.75) is 6.18 Å². The van der Waals surface area contributed by atoms with Crippen LogP contribution in [0.1, 0.15) is 0 Å². The summed E-state index contributed by atoms with van der Waals surface area (Å²) in [5.74, 6) is -1.28. The molecular formula is C11H8Cl2F3NO2S. The van der Waals surface area contributed by atoms with Crippen LogP contribution in [-0.4, -0.2) is 30.1 Å². The molecule has 20 heavy (non-hydrogen) atoms. The molecule has 1 rings (SSSR count). The van der Waals surface area contributed by atoms with Gasteiger partial charge in [0.1, 0.15) is 0 Å². The summed E-state index contributed by atoms with van der Waals surface area (Å²) < 4.78 is 42.7. The standard InChI is InChI=1S/C11H8Cl2F3NO2S/c1-19-9(18)5-20-10(11(14,15)16)17-8-3-6(12)2-7(13)4-8/h2-4H,5H2,1H3. The van der Waals surface area contributed by atoms with Crippen molar-refractivity contribution in [2.75, 3.05) is 12.9 Å². The first-order valence-corrected chi connectivity index (χ1v) is 6.78. The van der Waals surface area contributed by atoms with E-state index in [2.05, 4.69) is 9.73 Å². The Hall–Kier alpha value is -0.920. The maximum atomic E-state index is 12.8. The van der Waals surface area contributed by atoms with E-state index in [1.54, 1.807) is 0 Å². The molecule has 0 N–H and O–H groups in total. The van der Waals surface area contributed by atoms with Crippen LogP contribution >= 0.6 is 35.0 Å². The van der Waals surface area contributed by atoms with Gasteiger partial charge in [0, 0.05) is 10.0 Å². The summed E-state index contributed by atoms with van der Waals surface area (Å²) in [5.41, 5.74) is -0.0489. The minimum atomic E-state index is -4.69. The van der Waals surface area contributed by atoms with Crippen molar-refractivity contribution in [3.63, 3.8) is 0 Å². The van der Waals surface area contributed by atoms with Crippen LogP contribution in [0.5, 0.6) is 0 Å². The molecule has 0 radical (unpaired) electrons. The third kappa shape index (κ3) is 5.60. The van der Waals surface area contributed by atoms with E-state index in [1.807, 2.05) is 0 Å². The van der Waals surface area contributed by atoms with E-state index in [-0.39, 0.29) is 27.5 Å². The van der Waals surface area contributed by atoms with Crippen LogP contribution in [0.15, 0.2) is 23.2 Å². The van der Waals surface area contributed by atoms with Crippen LogP contribution in [0.2, 0.25) is 10.0 Å². The molecule has 0 aliphatic heterocycles. The number of ether oxygens (including phenoxy) is 1. The number of esters is 1. The average molecular weight is 346 g/mol. The van der Waals surface area contributed by atoms with Crippen molar-refractivity contribution in [1.82, 2.24) is 0 Å². The van der Waals surface area contributed by atoms with E-state index in [0.29, 0.717) is 0 Å². The molecule has 110 valence electrons. The Morgan fingerprint density at radius 2 is 1.85 bits per heavy atom. The molecule has 9 heteroatoms. The summed E-state index contributed by atoms with van der Waals surface area (Å²) in [6, 6.07) is 3.84. The number of thioether (sulfide) groups is 1. The number of hydrogen-bond donors (Lipinski definition) is 0. The SMILES string of the molecule is COC(=O)CSC(=Nc1cc(Cl)cc(Cl)c1)C(F)(F)F. The van der Waals surface area contributed by atoms with Crippen molar-refractivity contribution >= 4 is 51.7 Å². The van der Waals surface area contributed by atoms with Crippen LogP contribution in [0.25, 0.3) is 0 Å². The zero-order valence-electron chi connectivity index (χ0n) is 10.0. The molecule has 0 bridgehead atoms. The molecule has 1 aromatic rings. The van der Waals surface area contributed by atoms with Gasteiger partial charge in [0.25, 0.3) is 0 Å². The van der Waals surface area contributed by atoms with Crippen LogP contribution < -0.4 is 0 Å². The number of carbonyl (C=O) groups excluding carboxylic acids is 1. The molecule has 0 saturated carbocycles. The molecule has 0 saturated heterocycles. The maximum absolute atomic E-state index is 12.8. The molecule has 0 amide bonds. The van der Waals surface area contributed by atoms with Crippen molar-refractivity contribution in [2.24, 2.45) is 4.99 Å². The fourth-order valence-electron chi connectivity index (χ4n) is 1.08. The third-order valence-corrected chi connectivity index (χ3v) is 3.29. The number of halogens is 5. The molecule has 0 unspecified atom stereocenters. The zero-order chi connectivity index (χ0) is 15.3. The van der Waals surface area contributed by atoms with E-state index in [0.717, 1.165) is 7.11 Å². The quantitative estimate of drug-likeness (QED) is 0.460. The van der Waals surface area contributed by atoms with Gasteiger partial charge in [0.05, 0.1) is 18.6 Å². The minimum absolute atomic E-state index is 0.0489. The number of benzene rings is 1. The summed E-state index contributed by atoms with van der Waals surface area (Å²) in [7, 11) is 1.09. The lowest BCUT2D eigenvalue weighted by atomic mass is 10.3. The van der Waals surface area contributed by atoms with Crippen LogP contribution in [-0.2, 0) is 9.53 Å². The summed E-state index contributed by atoms with van der Waals surface area (Å²) in [4.78, 5) is 14.3. The average Bonchev–Trinajstić information content (AvgIpc) is 2.31. The normalized spacial score (nSPS) is 12.4. The van der Waals surface area contributed by atoms with Gasteiger partial charge in [-0.05, 0) is 18.2 Å². The largest absolute Gasteiger partial charge is 0.468 e. The number of nitrogens with zero attached hydrogens (tertiary/aromatic N) is 1. The Balaban J connectivity index is 3.03. The number of alkyl halides is 3. The predicted octanol–water partition coefficient (Wildman–Crippen LogP) is 4.49. The first-order chi connectivity index (χ1) is 9.22. The molecule has 3 nitrogen and oxygen atoms in total. The predicted molar refractivity (Wildman–Crippen MR) is 74.1 cm³/mol. The second-order valence-corrected chi connectivity index (χ2v) is 5.24. The molecule has 0 aliphatic carbocycles. The van der Waals surface area contributed by atoms with Crippen LogP contribution in [0.3, 0.4) is 0 Å². The third-order valence-electron chi connectivity index (χ3n) is 1.87. The number of rotatable bonds is 3. The summed E-state index contributed by atoms with van der Waals surface area (Å²) >= 11 is 11.6. The lowest BCUT2D eigenvalue weighted by Crippen LogP contribution is -2.21. The lowest BCUT2D eigenvalue weighted by Gasteiger charge is -2.09. The monoisotopic (exact) mass is 345 g/mol. The second kappa shape index (κ2) is 7.19. The first kappa shape index (κ1) is 17.1. The van der Waals surface area contributed by atoms with Crippen molar-refractivity contribution < 1.29 is 22.7 Å². The lowest BCUT2D eigenvalue weighted by molar-refractivity contribution is -0.137. The molecule has 0 heterocycles. The Morgan fingerprint density at radius 3 is 2.30 bits per heavy atom.